The Bertz CT molecular complexity index is 194. The van der Waals surface area contributed by atoms with Gasteiger partial charge in [-0.1, -0.05) is 46.1 Å². The van der Waals surface area contributed by atoms with Crippen LogP contribution in [0.15, 0.2) is 12.3 Å². The van der Waals surface area contributed by atoms with Gasteiger partial charge < -0.3 is 5.32 Å². The molecule has 1 nitrogen and oxygen atoms in total. The Labute approximate surface area is 98.4 Å². The second-order valence-corrected chi connectivity index (χ2v) is 16.6. The van der Waals surface area contributed by atoms with Gasteiger partial charge in [0, 0.05) is 0 Å². The number of hydrogen-bond acceptors (Lipinski definition) is 1. The fourth-order valence-corrected chi connectivity index (χ4v) is 13.2. The first-order valence-electron chi connectivity index (χ1n) is 6.12. The van der Waals surface area contributed by atoms with Crippen LogP contribution < -0.4 is 5.32 Å². The standard InChI is InChI=1S/C12H29NSi2/c1-8-10-11-13-12(14(3,4)5)15(6,7)9-2/h9,12-13H,2,8,10-11H2,1,3-7H3. The minimum Gasteiger partial charge on any atom is -0.319 e. The summed E-state index contributed by atoms with van der Waals surface area (Å²) in [6.45, 7) is 19.7. The Morgan fingerprint density at radius 3 is 2.07 bits per heavy atom. The van der Waals surface area contributed by atoms with Crippen LogP contribution in [0.3, 0.4) is 0 Å². The normalized spacial score (nSPS) is 15.1. The summed E-state index contributed by atoms with van der Waals surface area (Å²) in [6, 6.07) is 0. The second kappa shape index (κ2) is 6.01. The predicted octanol–water partition coefficient (Wildman–Crippen LogP) is 3.59. The van der Waals surface area contributed by atoms with E-state index in [9.17, 15) is 0 Å². The summed E-state index contributed by atoms with van der Waals surface area (Å²) in [5, 5.41) is 4.56. The van der Waals surface area contributed by atoms with Crippen molar-refractivity contribution in [3.8, 4) is 0 Å². The zero-order valence-corrected chi connectivity index (χ0v) is 13.5. The molecule has 0 saturated carbocycles. The van der Waals surface area contributed by atoms with E-state index in [1.807, 2.05) is 0 Å². The minimum absolute atomic E-state index is 0.758. The SMILES string of the molecule is C=C[Si](C)(C)C(NCCCC)[Si](C)(C)C. The highest BCUT2D eigenvalue weighted by Crippen LogP contribution is 2.20. The molecule has 0 aliphatic carbocycles. The zero-order chi connectivity index (χ0) is 12.1. The average molecular weight is 244 g/mol. The predicted molar refractivity (Wildman–Crippen MR) is 77.7 cm³/mol. The molecule has 0 aliphatic heterocycles. The lowest BCUT2D eigenvalue weighted by Crippen LogP contribution is -2.62. The van der Waals surface area contributed by atoms with Crippen LogP contribution in [0.2, 0.25) is 32.7 Å². The molecular weight excluding hydrogens is 214 g/mol. The molecule has 0 heterocycles. The molecule has 0 bridgehead atoms. The van der Waals surface area contributed by atoms with Crippen LogP contribution >= 0.6 is 0 Å². The summed E-state index contributed by atoms with van der Waals surface area (Å²) < 4.78 is 0. The van der Waals surface area contributed by atoms with Gasteiger partial charge in [0.2, 0.25) is 0 Å². The maximum absolute atomic E-state index is 4.04. The first kappa shape index (κ1) is 15.1. The van der Waals surface area contributed by atoms with Crippen LogP contribution in [-0.4, -0.2) is 28.0 Å². The van der Waals surface area contributed by atoms with Crippen molar-refractivity contribution >= 4 is 16.1 Å². The van der Waals surface area contributed by atoms with Crippen molar-refractivity contribution in [3.63, 3.8) is 0 Å². The van der Waals surface area contributed by atoms with Crippen LogP contribution in [0.5, 0.6) is 0 Å². The Morgan fingerprint density at radius 1 is 1.20 bits per heavy atom. The van der Waals surface area contributed by atoms with Crippen molar-refractivity contribution in [2.45, 2.75) is 57.8 Å². The maximum atomic E-state index is 4.04. The summed E-state index contributed by atoms with van der Waals surface area (Å²) in [5.41, 5.74) is 2.24. The largest absolute Gasteiger partial charge is 0.319 e. The Balaban J connectivity index is 4.53. The third-order valence-electron chi connectivity index (χ3n) is 3.01. The van der Waals surface area contributed by atoms with Crippen LogP contribution in [0.25, 0.3) is 0 Å². The molecular formula is C12H29NSi2. The van der Waals surface area contributed by atoms with Gasteiger partial charge in [-0.2, -0.15) is 0 Å². The van der Waals surface area contributed by atoms with Gasteiger partial charge in [-0.05, 0) is 18.3 Å². The number of hydrogen-bond donors (Lipinski definition) is 1. The molecule has 3 heteroatoms. The molecule has 1 N–H and O–H groups in total. The first-order chi connectivity index (χ1) is 6.75. The molecule has 0 amide bonds. The molecule has 0 spiro atoms. The van der Waals surface area contributed by atoms with E-state index in [0.717, 1.165) is 5.29 Å². The quantitative estimate of drug-likeness (QED) is 0.532. The summed E-state index contributed by atoms with van der Waals surface area (Å²) in [5.74, 6) is 0. The van der Waals surface area contributed by atoms with Crippen molar-refractivity contribution in [2.75, 3.05) is 6.54 Å². The summed E-state index contributed by atoms with van der Waals surface area (Å²) in [7, 11) is -2.39. The van der Waals surface area contributed by atoms with Gasteiger partial charge in [-0.3, -0.25) is 0 Å². The van der Waals surface area contributed by atoms with Gasteiger partial charge >= 0.3 is 0 Å². The molecule has 0 radical (unpaired) electrons. The molecule has 15 heavy (non-hydrogen) atoms. The first-order valence-corrected chi connectivity index (χ1v) is 12.9. The van der Waals surface area contributed by atoms with E-state index in [-0.39, 0.29) is 0 Å². The maximum Gasteiger partial charge on any atom is 0.0854 e. The van der Waals surface area contributed by atoms with Gasteiger partial charge in [-0.15, -0.1) is 12.3 Å². The third-order valence-corrected chi connectivity index (χ3v) is 12.5. The molecule has 0 saturated heterocycles. The topological polar surface area (TPSA) is 12.0 Å². The number of rotatable bonds is 7. The van der Waals surface area contributed by atoms with Gasteiger partial charge in [0.1, 0.15) is 0 Å². The molecule has 1 atom stereocenters. The monoisotopic (exact) mass is 243 g/mol. The third kappa shape index (κ3) is 5.13. The van der Waals surface area contributed by atoms with Crippen molar-refractivity contribution in [1.29, 1.82) is 0 Å². The minimum atomic E-state index is -1.28. The lowest BCUT2D eigenvalue weighted by molar-refractivity contribution is 0.660. The van der Waals surface area contributed by atoms with Crippen molar-refractivity contribution in [2.24, 2.45) is 0 Å². The Kier molecular flexibility index (Phi) is 6.07. The molecule has 90 valence electrons. The molecule has 1 unspecified atom stereocenters. The van der Waals surface area contributed by atoms with Crippen LogP contribution in [0, 0.1) is 0 Å². The van der Waals surface area contributed by atoms with Crippen LogP contribution in [0.4, 0.5) is 0 Å². The molecule has 0 aromatic rings. The lowest BCUT2D eigenvalue weighted by atomic mass is 10.3. The molecule has 0 fully saturated rings. The van der Waals surface area contributed by atoms with E-state index >= 15 is 0 Å². The van der Waals surface area contributed by atoms with Crippen molar-refractivity contribution in [1.82, 2.24) is 5.32 Å². The number of nitrogens with one attached hydrogen (secondary N) is 1. The molecule has 0 aromatic carbocycles. The van der Waals surface area contributed by atoms with E-state index in [1.165, 1.54) is 19.4 Å². The van der Waals surface area contributed by atoms with Crippen LogP contribution in [0.1, 0.15) is 19.8 Å². The second-order valence-electron chi connectivity index (χ2n) is 6.13. The highest BCUT2D eigenvalue weighted by molar-refractivity contribution is 6.99. The van der Waals surface area contributed by atoms with Crippen LogP contribution in [-0.2, 0) is 0 Å². The van der Waals surface area contributed by atoms with E-state index in [4.69, 9.17) is 0 Å². The number of unbranched alkanes of at least 4 members (excludes halogenated alkanes) is 1. The van der Waals surface area contributed by atoms with E-state index in [0.29, 0.717) is 0 Å². The summed E-state index contributed by atoms with van der Waals surface area (Å²) in [4.78, 5) is 0. The summed E-state index contributed by atoms with van der Waals surface area (Å²) >= 11 is 0. The van der Waals surface area contributed by atoms with Crippen molar-refractivity contribution in [3.05, 3.63) is 12.3 Å². The summed E-state index contributed by atoms with van der Waals surface area (Å²) in [6.07, 6.45) is 2.57. The zero-order valence-electron chi connectivity index (χ0n) is 11.5. The fourth-order valence-electron chi connectivity index (χ4n) is 2.23. The van der Waals surface area contributed by atoms with E-state index in [1.54, 1.807) is 0 Å². The van der Waals surface area contributed by atoms with E-state index < -0.39 is 16.1 Å². The van der Waals surface area contributed by atoms with Crippen molar-refractivity contribution < 1.29 is 0 Å². The van der Waals surface area contributed by atoms with Gasteiger partial charge in [0.25, 0.3) is 0 Å². The average Bonchev–Trinajstić information content (AvgIpc) is 2.10. The van der Waals surface area contributed by atoms with E-state index in [2.05, 4.69) is 57.3 Å². The highest BCUT2D eigenvalue weighted by Gasteiger charge is 2.38. The molecule has 0 aliphatic rings. The highest BCUT2D eigenvalue weighted by atomic mass is 28.4. The lowest BCUT2D eigenvalue weighted by Gasteiger charge is -2.39. The van der Waals surface area contributed by atoms with Gasteiger partial charge in [0.15, 0.2) is 0 Å². The molecule has 0 aromatic heterocycles. The van der Waals surface area contributed by atoms with Gasteiger partial charge in [0.05, 0.1) is 16.1 Å². The Morgan fingerprint density at radius 2 is 1.73 bits per heavy atom. The Hall–Kier alpha value is 0.134. The fraction of sp³-hybridized carbons (Fsp3) is 0.833. The smallest absolute Gasteiger partial charge is 0.0854 e. The van der Waals surface area contributed by atoms with Gasteiger partial charge in [-0.25, -0.2) is 0 Å². The molecule has 0 rings (SSSR count).